The van der Waals surface area contributed by atoms with E-state index in [1.165, 1.54) is 0 Å². The molecule has 0 fully saturated rings. The summed E-state index contributed by atoms with van der Waals surface area (Å²) in [7, 11) is -3.74. The van der Waals surface area contributed by atoms with Gasteiger partial charge in [-0.3, -0.25) is 0 Å². The van der Waals surface area contributed by atoms with Crippen molar-refractivity contribution in [3.63, 3.8) is 0 Å². The van der Waals surface area contributed by atoms with Gasteiger partial charge in [0.25, 0.3) is 0 Å². The lowest BCUT2D eigenvalue weighted by Gasteiger charge is -2.08. The van der Waals surface area contributed by atoms with Crippen LogP contribution in [0.3, 0.4) is 0 Å². The first-order chi connectivity index (χ1) is 9.88. The van der Waals surface area contributed by atoms with Crippen molar-refractivity contribution in [3.8, 4) is 5.75 Å². The summed E-state index contributed by atoms with van der Waals surface area (Å²) in [6.07, 6.45) is 0. The normalized spacial score (nSPS) is 11.3. The van der Waals surface area contributed by atoms with Gasteiger partial charge in [0, 0.05) is 11.8 Å². The zero-order valence-electron chi connectivity index (χ0n) is 10.9. The van der Waals surface area contributed by atoms with E-state index in [2.05, 4.69) is 0 Å². The van der Waals surface area contributed by atoms with Crippen LogP contribution in [0.2, 0.25) is 0 Å². The molecule has 2 rings (SSSR count). The van der Waals surface area contributed by atoms with E-state index in [1.54, 1.807) is 24.3 Å². The Morgan fingerprint density at radius 3 is 2.48 bits per heavy atom. The lowest BCUT2D eigenvalue weighted by Crippen LogP contribution is -2.14. The zero-order chi connectivity index (χ0) is 15.5. The van der Waals surface area contributed by atoms with E-state index < -0.39 is 21.5 Å². The Hall–Kier alpha value is -2.15. The second kappa shape index (κ2) is 6.09. The molecule has 0 aliphatic carbocycles. The molecule has 2 aromatic rings. The summed E-state index contributed by atoms with van der Waals surface area (Å²) in [4.78, 5) is -0.280. The van der Waals surface area contributed by atoms with Gasteiger partial charge in [-0.2, -0.15) is 0 Å². The molecule has 7 heteroatoms. The van der Waals surface area contributed by atoms with Gasteiger partial charge in [0.2, 0.25) is 0 Å². The third-order valence-electron chi connectivity index (χ3n) is 2.73. The average molecular weight is 313 g/mol. The maximum atomic E-state index is 13.1. The standard InChI is InChI=1S/C14H13F2NO3S/c15-13-5-4-12(9-14(13)16)21(18,19)7-6-20-11-3-1-2-10(17)8-11/h1-5,8-9H,6-7,17H2. The van der Waals surface area contributed by atoms with Crippen molar-refractivity contribution >= 4 is 15.5 Å². The summed E-state index contributed by atoms with van der Waals surface area (Å²) in [6.45, 7) is -0.120. The lowest BCUT2D eigenvalue weighted by molar-refractivity contribution is 0.341. The van der Waals surface area contributed by atoms with E-state index in [0.29, 0.717) is 17.5 Å². The summed E-state index contributed by atoms with van der Waals surface area (Å²) in [5.41, 5.74) is 6.06. The maximum absolute atomic E-state index is 13.1. The number of rotatable bonds is 5. The fourth-order valence-corrected chi connectivity index (χ4v) is 2.76. The molecule has 0 aliphatic heterocycles. The van der Waals surface area contributed by atoms with E-state index in [4.69, 9.17) is 10.5 Å². The highest BCUT2D eigenvalue weighted by molar-refractivity contribution is 7.91. The van der Waals surface area contributed by atoms with Crippen LogP contribution in [0.25, 0.3) is 0 Å². The molecule has 0 aliphatic rings. The van der Waals surface area contributed by atoms with Crippen LogP contribution in [0, 0.1) is 11.6 Å². The molecule has 0 aromatic heterocycles. The second-order valence-electron chi connectivity index (χ2n) is 4.32. The summed E-state index contributed by atoms with van der Waals surface area (Å²) in [6, 6.07) is 9.00. The molecule has 0 saturated heterocycles. The molecule has 112 valence electrons. The van der Waals surface area contributed by atoms with Crippen molar-refractivity contribution in [2.45, 2.75) is 4.90 Å². The number of benzene rings is 2. The van der Waals surface area contributed by atoms with E-state index in [9.17, 15) is 17.2 Å². The predicted octanol–water partition coefficient (Wildman–Crippen LogP) is 2.40. The SMILES string of the molecule is Nc1cccc(OCCS(=O)(=O)c2ccc(F)c(F)c2)c1. The third-order valence-corrected chi connectivity index (χ3v) is 4.41. The molecule has 0 amide bonds. The third kappa shape index (κ3) is 3.91. The minimum atomic E-state index is -3.74. The number of halogens is 2. The van der Waals surface area contributed by atoms with E-state index in [1.807, 2.05) is 0 Å². The molecular formula is C14H13F2NO3S. The van der Waals surface area contributed by atoms with E-state index in [-0.39, 0.29) is 17.3 Å². The number of nitrogen functional groups attached to an aromatic ring is 1. The van der Waals surface area contributed by atoms with Crippen LogP contribution in [0.1, 0.15) is 0 Å². The van der Waals surface area contributed by atoms with Crippen molar-refractivity contribution in [1.29, 1.82) is 0 Å². The first-order valence-electron chi connectivity index (χ1n) is 6.04. The zero-order valence-corrected chi connectivity index (χ0v) is 11.7. The van der Waals surface area contributed by atoms with Crippen LogP contribution < -0.4 is 10.5 Å². The van der Waals surface area contributed by atoms with Gasteiger partial charge in [0.05, 0.1) is 10.6 Å². The largest absolute Gasteiger partial charge is 0.492 e. The molecule has 4 nitrogen and oxygen atoms in total. The fourth-order valence-electron chi connectivity index (χ4n) is 1.66. The molecule has 0 bridgehead atoms. The van der Waals surface area contributed by atoms with Crippen LogP contribution in [-0.2, 0) is 9.84 Å². The summed E-state index contributed by atoms with van der Waals surface area (Å²) >= 11 is 0. The smallest absolute Gasteiger partial charge is 0.181 e. The Labute approximate surface area is 121 Å². The van der Waals surface area contributed by atoms with Crippen LogP contribution >= 0.6 is 0 Å². The molecular weight excluding hydrogens is 300 g/mol. The fraction of sp³-hybridized carbons (Fsp3) is 0.143. The number of sulfone groups is 1. The van der Waals surface area contributed by atoms with E-state index >= 15 is 0 Å². The number of anilines is 1. The molecule has 0 unspecified atom stereocenters. The summed E-state index contributed by atoms with van der Waals surface area (Å²) < 4.78 is 55.0. The van der Waals surface area contributed by atoms with Gasteiger partial charge in [0.15, 0.2) is 21.5 Å². The quantitative estimate of drug-likeness (QED) is 0.680. The minimum Gasteiger partial charge on any atom is -0.492 e. The Morgan fingerprint density at radius 2 is 1.81 bits per heavy atom. The highest BCUT2D eigenvalue weighted by Gasteiger charge is 2.17. The van der Waals surface area contributed by atoms with Crippen LogP contribution in [0.4, 0.5) is 14.5 Å². The van der Waals surface area contributed by atoms with Crippen LogP contribution in [-0.4, -0.2) is 20.8 Å². The molecule has 0 radical (unpaired) electrons. The number of nitrogens with two attached hydrogens (primary N) is 1. The predicted molar refractivity (Wildman–Crippen MR) is 74.8 cm³/mol. The van der Waals surface area contributed by atoms with Gasteiger partial charge < -0.3 is 10.5 Å². The van der Waals surface area contributed by atoms with Crippen molar-refractivity contribution in [2.75, 3.05) is 18.1 Å². The van der Waals surface area contributed by atoms with Gasteiger partial charge in [-0.05, 0) is 30.3 Å². The monoisotopic (exact) mass is 313 g/mol. The van der Waals surface area contributed by atoms with Gasteiger partial charge >= 0.3 is 0 Å². The Balaban J connectivity index is 2.03. The maximum Gasteiger partial charge on any atom is 0.181 e. The van der Waals surface area contributed by atoms with Gasteiger partial charge in [0.1, 0.15) is 12.4 Å². The van der Waals surface area contributed by atoms with Gasteiger partial charge in [-0.25, -0.2) is 17.2 Å². The molecule has 2 aromatic carbocycles. The first kappa shape index (κ1) is 15.2. The van der Waals surface area contributed by atoms with Crippen molar-refractivity contribution in [2.24, 2.45) is 0 Å². The summed E-state index contributed by atoms with van der Waals surface area (Å²) in [5, 5.41) is 0. The van der Waals surface area contributed by atoms with Crippen LogP contribution in [0.15, 0.2) is 47.4 Å². The van der Waals surface area contributed by atoms with Crippen LogP contribution in [0.5, 0.6) is 5.75 Å². The topological polar surface area (TPSA) is 69.4 Å². The molecule has 21 heavy (non-hydrogen) atoms. The molecule has 0 saturated carbocycles. The molecule has 0 spiro atoms. The van der Waals surface area contributed by atoms with Crippen molar-refractivity contribution < 1.29 is 21.9 Å². The van der Waals surface area contributed by atoms with E-state index in [0.717, 1.165) is 12.1 Å². The van der Waals surface area contributed by atoms with Gasteiger partial charge in [-0.15, -0.1) is 0 Å². The van der Waals surface area contributed by atoms with Crippen molar-refractivity contribution in [1.82, 2.24) is 0 Å². The lowest BCUT2D eigenvalue weighted by atomic mass is 10.3. The molecule has 2 N–H and O–H groups in total. The minimum absolute atomic E-state index is 0.120. The highest BCUT2D eigenvalue weighted by atomic mass is 32.2. The highest BCUT2D eigenvalue weighted by Crippen LogP contribution is 2.17. The number of hydrogen-bond acceptors (Lipinski definition) is 4. The molecule has 0 heterocycles. The molecule has 0 atom stereocenters. The Morgan fingerprint density at radius 1 is 1.05 bits per heavy atom. The number of ether oxygens (including phenoxy) is 1. The number of hydrogen-bond donors (Lipinski definition) is 1. The summed E-state index contributed by atoms with van der Waals surface area (Å²) in [5.74, 6) is -2.21. The van der Waals surface area contributed by atoms with Crippen molar-refractivity contribution in [3.05, 3.63) is 54.1 Å². The van der Waals surface area contributed by atoms with Gasteiger partial charge in [-0.1, -0.05) is 6.07 Å². The first-order valence-corrected chi connectivity index (χ1v) is 7.70. The second-order valence-corrected chi connectivity index (χ2v) is 6.42. The Bertz CT molecular complexity index is 748. The average Bonchev–Trinajstić information content (AvgIpc) is 2.41. The Kier molecular flexibility index (Phi) is 4.42.